The van der Waals surface area contributed by atoms with Crippen molar-refractivity contribution in [3.63, 3.8) is 0 Å². The maximum Gasteiger partial charge on any atom is 0.322 e. The predicted molar refractivity (Wildman–Crippen MR) is 127 cm³/mol. The number of carbonyl (C=O) groups excluding carboxylic acids is 6. The Morgan fingerprint density at radius 1 is 0.667 bits per heavy atom. The van der Waals surface area contributed by atoms with Crippen LogP contribution in [0.2, 0.25) is 0 Å². The molecule has 0 aliphatic heterocycles. The van der Waals surface area contributed by atoms with E-state index in [0.717, 1.165) is 0 Å². The molecule has 0 unspecified atom stereocenters. The molecule has 0 bridgehead atoms. The summed E-state index contributed by atoms with van der Waals surface area (Å²) in [5, 5.41) is 22.6. The lowest BCUT2D eigenvalue weighted by molar-refractivity contribution is -0.138. The summed E-state index contributed by atoms with van der Waals surface area (Å²) >= 11 is 0. The first-order chi connectivity index (χ1) is 16.7. The van der Waals surface area contributed by atoms with E-state index < -0.39 is 78.7 Å². The van der Waals surface area contributed by atoms with Crippen LogP contribution >= 0.6 is 0 Å². The first kappa shape index (κ1) is 32.2. The van der Waals surface area contributed by atoms with Crippen molar-refractivity contribution in [2.75, 3.05) is 19.6 Å². The minimum atomic E-state index is -1.24. The Kier molecular flexibility index (Phi) is 14.4. The van der Waals surface area contributed by atoms with Crippen LogP contribution in [0.15, 0.2) is 0 Å². The van der Waals surface area contributed by atoms with Crippen molar-refractivity contribution < 1.29 is 38.7 Å². The molecular weight excluding hydrogens is 478 g/mol. The van der Waals surface area contributed by atoms with Gasteiger partial charge in [0.05, 0.1) is 19.1 Å². The maximum atomic E-state index is 12.8. The summed E-state index contributed by atoms with van der Waals surface area (Å²) in [7, 11) is 0. The fourth-order valence-electron chi connectivity index (χ4n) is 2.59. The van der Waals surface area contributed by atoms with Gasteiger partial charge in [-0.15, -0.1) is 0 Å². The van der Waals surface area contributed by atoms with Crippen LogP contribution in [-0.4, -0.2) is 90.3 Å². The van der Waals surface area contributed by atoms with Crippen LogP contribution in [0.4, 0.5) is 0 Å². The van der Waals surface area contributed by atoms with Gasteiger partial charge >= 0.3 is 5.97 Å². The Balaban J connectivity index is 4.90. The molecule has 5 atom stereocenters. The Hall–Kier alpha value is -3.75. The number of hydrogen-bond acceptors (Lipinski definition) is 8. The summed E-state index contributed by atoms with van der Waals surface area (Å²) in [6, 6.07) is -3.94. The lowest BCUT2D eigenvalue weighted by atomic mass is 9.97. The number of hydrogen-bond donors (Lipinski definition) is 8. The molecule has 0 spiro atoms. The first-order valence-electron chi connectivity index (χ1n) is 11.4. The first-order valence-corrected chi connectivity index (χ1v) is 11.4. The van der Waals surface area contributed by atoms with Crippen LogP contribution in [0.1, 0.15) is 41.0 Å². The van der Waals surface area contributed by atoms with Gasteiger partial charge < -0.3 is 42.7 Å². The van der Waals surface area contributed by atoms with Gasteiger partial charge in [0, 0.05) is 0 Å². The Bertz CT molecular complexity index is 833. The largest absolute Gasteiger partial charge is 0.480 e. The lowest BCUT2D eigenvalue weighted by Gasteiger charge is -2.26. The molecule has 36 heavy (non-hydrogen) atoms. The van der Waals surface area contributed by atoms with E-state index in [1.54, 1.807) is 13.8 Å². The van der Waals surface area contributed by atoms with E-state index in [-0.39, 0.29) is 12.5 Å². The quantitative estimate of drug-likeness (QED) is 0.107. The number of amides is 6. The van der Waals surface area contributed by atoms with Crippen molar-refractivity contribution in [1.82, 2.24) is 31.9 Å². The highest BCUT2D eigenvalue weighted by Crippen LogP contribution is 2.09. The molecule has 0 saturated carbocycles. The monoisotopic (exact) mass is 515 g/mol. The van der Waals surface area contributed by atoms with Crippen molar-refractivity contribution in [3.8, 4) is 0 Å². The molecule has 15 heteroatoms. The van der Waals surface area contributed by atoms with Crippen molar-refractivity contribution in [2.24, 2.45) is 11.7 Å². The van der Waals surface area contributed by atoms with Gasteiger partial charge in [-0.1, -0.05) is 20.3 Å². The van der Waals surface area contributed by atoms with Gasteiger partial charge in [-0.3, -0.25) is 33.6 Å². The number of carboxylic acids is 1. The van der Waals surface area contributed by atoms with Gasteiger partial charge in [0.2, 0.25) is 35.4 Å². The smallest absolute Gasteiger partial charge is 0.322 e. The lowest BCUT2D eigenvalue weighted by Crippen LogP contribution is -2.58. The molecule has 0 radical (unpaired) electrons. The van der Waals surface area contributed by atoms with Gasteiger partial charge in [-0.05, 0) is 26.7 Å². The highest BCUT2D eigenvalue weighted by atomic mass is 16.4. The second kappa shape index (κ2) is 16.0. The molecule has 0 aromatic heterocycles. The minimum absolute atomic E-state index is 0.334. The van der Waals surface area contributed by atoms with Gasteiger partial charge in [0.1, 0.15) is 24.7 Å². The van der Waals surface area contributed by atoms with Crippen LogP contribution in [0, 0.1) is 5.92 Å². The second-order valence-corrected chi connectivity index (χ2v) is 8.29. The SMILES string of the molecule is CC[C@H](C)[C@H](NC(=O)[C@H](C)NC(=O)CNC(=O)[C@H](C)N)C(=O)N[C@@H](C)C(=O)NCC(=O)NCC(=O)O. The number of carboxylic acid groups (broad SMARTS) is 1. The van der Waals surface area contributed by atoms with Gasteiger partial charge in [0.15, 0.2) is 0 Å². The summed E-state index contributed by atoms with van der Waals surface area (Å²) in [6.45, 7) is 6.28. The van der Waals surface area contributed by atoms with Crippen molar-refractivity contribution in [2.45, 2.75) is 65.2 Å². The molecule has 15 nitrogen and oxygen atoms in total. The third-order valence-corrected chi connectivity index (χ3v) is 5.01. The van der Waals surface area contributed by atoms with Gasteiger partial charge in [0.25, 0.3) is 0 Å². The fourth-order valence-corrected chi connectivity index (χ4v) is 2.59. The average molecular weight is 516 g/mol. The molecule has 204 valence electrons. The standard InChI is InChI=1S/C21H37N7O8/c1-6-10(2)17(28-20(35)13(5)26-15(30)8-24-18(33)11(3)22)21(36)27-12(4)19(34)25-7-14(29)23-9-16(31)32/h10-13,17H,6-9,22H2,1-5H3,(H,23,29)(H,24,33)(H,25,34)(H,26,30)(H,27,36)(H,28,35)(H,31,32)/t10-,11-,12-,13-,17-/m0/s1. The summed E-state index contributed by atoms with van der Waals surface area (Å²) in [4.78, 5) is 83.0. The van der Waals surface area contributed by atoms with E-state index in [9.17, 15) is 33.6 Å². The summed E-state index contributed by atoms with van der Waals surface area (Å²) in [5.74, 6) is -5.47. The number of carbonyl (C=O) groups is 7. The minimum Gasteiger partial charge on any atom is -0.480 e. The summed E-state index contributed by atoms with van der Waals surface area (Å²) < 4.78 is 0. The molecular formula is C21H37N7O8. The zero-order chi connectivity index (χ0) is 28.0. The molecule has 0 heterocycles. The number of rotatable bonds is 15. The third kappa shape index (κ3) is 12.6. The maximum absolute atomic E-state index is 12.8. The van der Waals surface area contributed by atoms with E-state index >= 15 is 0 Å². The zero-order valence-electron chi connectivity index (χ0n) is 21.1. The zero-order valence-corrected chi connectivity index (χ0v) is 21.1. The Morgan fingerprint density at radius 2 is 1.19 bits per heavy atom. The molecule has 0 aliphatic carbocycles. The number of nitrogens with two attached hydrogens (primary N) is 1. The van der Waals surface area contributed by atoms with Crippen LogP contribution in [0.3, 0.4) is 0 Å². The number of nitrogens with one attached hydrogen (secondary N) is 6. The Labute approximate surface area is 209 Å². The molecule has 0 fully saturated rings. The summed E-state index contributed by atoms with van der Waals surface area (Å²) in [6.07, 6.45) is 0.507. The van der Waals surface area contributed by atoms with Gasteiger partial charge in [-0.2, -0.15) is 0 Å². The average Bonchev–Trinajstić information content (AvgIpc) is 2.81. The molecule has 0 aromatic carbocycles. The van der Waals surface area contributed by atoms with Crippen LogP contribution in [-0.2, 0) is 33.6 Å². The van der Waals surface area contributed by atoms with E-state index in [2.05, 4.69) is 31.9 Å². The molecule has 9 N–H and O–H groups in total. The van der Waals surface area contributed by atoms with Crippen molar-refractivity contribution in [3.05, 3.63) is 0 Å². The molecule has 0 aliphatic rings. The highest BCUT2D eigenvalue weighted by Gasteiger charge is 2.30. The molecule has 6 amide bonds. The van der Waals surface area contributed by atoms with Crippen LogP contribution in [0.5, 0.6) is 0 Å². The second-order valence-electron chi connectivity index (χ2n) is 8.29. The number of aliphatic carboxylic acids is 1. The third-order valence-electron chi connectivity index (χ3n) is 5.01. The molecule has 0 saturated heterocycles. The van der Waals surface area contributed by atoms with E-state index in [0.29, 0.717) is 6.42 Å². The van der Waals surface area contributed by atoms with E-state index in [4.69, 9.17) is 10.8 Å². The Morgan fingerprint density at radius 3 is 1.72 bits per heavy atom. The van der Waals surface area contributed by atoms with E-state index in [1.165, 1.54) is 20.8 Å². The van der Waals surface area contributed by atoms with Crippen molar-refractivity contribution >= 4 is 41.4 Å². The van der Waals surface area contributed by atoms with Crippen molar-refractivity contribution in [1.29, 1.82) is 0 Å². The molecule has 0 aromatic rings. The predicted octanol–water partition coefficient (Wildman–Crippen LogP) is -3.69. The van der Waals surface area contributed by atoms with Gasteiger partial charge in [-0.25, -0.2) is 0 Å². The van der Waals surface area contributed by atoms with Crippen LogP contribution in [0.25, 0.3) is 0 Å². The highest BCUT2D eigenvalue weighted by molar-refractivity contribution is 5.95. The van der Waals surface area contributed by atoms with E-state index in [1.807, 2.05) is 0 Å². The summed E-state index contributed by atoms with van der Waals surface area (Å²) in [5.41, 5.74) is 5.39. The topological polar surface area (TPSA) is 238 Å². The normalized spacial score (nSPS) is 14.6. The molecule has 0 rings (SSSR count). The van der Waals surface area contributed by atoms with Crippen LogP contribution < -0.4 is 37.6 Å². The fraction of sp³-hybridized carbons (Fsp3) is 0.667.